The molecule has 1 saturated carbocycles. The Hall–Kier alpha value is -2.81. The lowest BCUT2D eigenvalue weighted by Crippen LogP contribution is -2.38. The fourth-order valence-electron chi connectivity index (χ4n) is 4.46. The van der Waals surface area contributed by atoms with Crippen molar-refractivity contribution in [2.75, 3.05) is 10.2 Å². The highest BCUT2D eigenvalue weighted by atomic mass is 16.2. The van der Waals surface area contributed by atoms with Gasteiger partial charge in [0.15, 0.2) is 0 Å². The minimum atomic E-state index is 0.0860. The molecule has 1 N–H and O–H groups in total. The zero-order chi connectivity index (χ0) is 17.5. The summed E-state index contributed by atoms with van der Waals surface area (Å²) in [7, 11) is 0. The molecule has 2 atom stereocenters. The van der Waals surface area contributed by atoms with Crippen LogP contribution in [0.4, 0.5) is 11.4 Å². The molecule has 1 aliphatic heterocycles. The number of para-hydroxylation sites is 2. The molecule has 3 nitrogen and oxygen atoms in total. The molecular weight excluding hydrogens is 320 g/mol. The molecule has 0 spiro atoms. The molecule has 3 aromatic rings. The Balaban J connectivity index is 1.55. The summed E-state index contributed by atoms with van der Waals surface area (Å²) in [6.07, 6.45) is 3.19. The van der Waals surface area contributed by atoms with Gasteiger partial charge in [0.25, 0.3) is 0 Å². The maximum absolute atomic E-state index is 13.3. The molecule has 1 heterocycles. The van der Waals surface area contributed by atoms with E-state index in [1.807, 2.05) is 17.0 Å². The van der Waals surface area contributed by atoms with Gasteiger partial charge in [-0.2, -0.15) is 0 Å². The lowest BCUT2D eigenvalue weighted by atomic mass is 10.0. The van der Waals surface area contributed by atoms with Crippen LogP contribution in [0.2, 0.25) is 0 Å². The third-order valence-corrected chi connectivity index (χ3v) is 5.79. The number of benzene rings is 3. The first-order chi connectivity index (χ1) is 12.8. The number of carbonyl (C=O) groups is 1. The van der Waals surface area contributed by atoms with Crippen LogP contribution in [0.3, 0.4) is 0 Å². The van der Waals surface area contributed by atoms with Gasteiger partial charge < -0.3 is 10.2 Å². The number of carbonyl (C=O) groups excluding carboxylic acids is 1. The number of rotatable bonds is 2. The molecule has 0 bridgehead atoms. The fraction of sp³-hybridized carbons (Fsp3) is 0.261. The molecule has 1 aliphatic carbocycles. The summed E-state index contributed by atoms with van der Waals surface area (Å²) in [4.78, 5) is 15.3. The van der Waals surface area contributed by atoms with Crippen molar-refractivity contribution in [1.29, 1.82) is 0 Å². The zero-order valence-corrected chi connectivity index (χ0v) is 14.7. The quantitative estimate of drug-likeness (QED) is 0.713. The number of hydrogen-bond donors (Lipinski definition) is 1. The number of nitrogens with zero attached hydrogens (tertiary/aromatic N) is 1. The van der Waals surface area contributed by atoms with E-state index in [1.165, 1.54) is 16.3 Å². The molecule has 3 aromatic carbocycles. The second-order valence-electron chi connectivity index (χ2n) is 7.41. The standard InChI is InChI=1S/C23H22N2O/c26-23-19-8-5-10-20(19)24-21-9-3-4-11-22(21)25(23)15-16-12-13-17-6-1-2-7-18(17)14-16/h1-4,6-7,9,11-14,19-20,24H,5,8,10,15H2. The molecule has 2 aliphatic rings. The van der Waals surface area contributed by atoms with E-state index >= 15 is 0 Å². The van der Waals surface area contributed by atoms with Crippen LogP contribution >= 0.6 is 0 Å². The van der Waals surface area contributed by atoms with E-state index in [-0.39, 0.29) is 17.9 Å². The van der Waals surface area contributed by atoms with Crippen molar-refractivity contribution in [3.05, 3.63) is 72.3 Å². The van der Waals surface area contributed by atoms with Gasteiger partial charge in [0, 0.05) is 6.04 Å². The van der Waals surface area contributed by atoms with E-state index in [4.69, 9.17) is 0 Å². The Labute approximate surface area is 153 Å². The molecule has 0 aromatic heterocycles. The summed E-state index contributed by atoms with van der Waals surface area (Å²) in [5.74, 6) is 0.348. The molecule has 5 rings (SSSR count). The van der Waals surface area contributed by atoms with Crippen LogP contribution in [0.1, 0.15) is 24.8 Å². The van der Waals surface area contributed by atoms with Gasteiger partial charge in [-0.3, -0.25) is 4.79 Å². The minimum absolute atomic E-state index is 0.0860. The van der Waals surface area contributed by atoms with Gasteiger partial charge in [0.05, 0.1) is 23.8 Å². The van der Waals surface area contributed by atoms with Crippen LogP contribution in [0.5, 0.6) is 0 Å². The molecule has 0 saturated heterocycles. The van der Waals surface area contributed by atoms with Gasteiger partial charge in [-0.1, -0.05) is 55.0 Å². The number of fused-ring (bicyclic) bond motifs is 3. The van der Waals surface area contributed by atoms with Crippen LogP contribution in [-0.2, 0) is 11.3 Å². The van der Waals surface area contributed by atoms with Gasteiger partial charge in [-0.25, -0.2) is 0 Å². The largest absolute Gasteiger partial charge is 0.380 e. The van der Waals surface area contributed by atoms with Gasteiger partial charge in [0.2, 0.25) is 5.91 Å². The summed E-state index contributed by atoms with van der Waals surface area (Å²) in [6.45, 7) is 0.617. The van der Waals surface area contributed by atoms with Crippen molar-refractivity contribution in [2.45, 2.75) is 31.8 Å². The minimum Gasteiger partial charge on any atom is -0.380 e. The summed E-state index contributed by atoms with van der Waals surface area (Å²) in [6, 6.07) is 23.3. The zero-order valence-electron chi connectivity index (χ0n) is 14.7. The molecule has 0 radical (unpaired) electrons. The lowest BCUT2D eigenvalue weighted by Gasteiger charge is -2.25. The highest BCUT2D eigenvalue weighted by molar-refractivity contribution is 6.00. The maximum atomic E-state index is 13.3. The second kappa shape index (κ2) is 6.17. The Kier molecular flexibility index (Phi) is 3.66. The molecule has 1 amide bonds. The van der Waals surface area contributed by atoms with E-state index in [2.05, 4.69) is 59.9 Å². The molecule has 26 heavy (non-hydrogen) atoms. The normalized spacial score (nSPS) is 21.8. The fourth-order valence-corrected chi connectivity index (χ4v) is 4.46. The van der Waals surface area contributed by atoms with Crippen LogP contribution < -0.4 is 10.2 Å². The Bertz CT molecular complexity index is 981. The lowest BCUT2D eigenvalue weighted by molar-refractivity contribution is -0.122. The average molecular weight is 342 g/mol. The van der Waals surface area contributed by atoms with Gasteiger partial charge in [-0.05, 0) is 47.4 Å². The summed E-state index contributed by atoms with van der Waals surface area (Å²) < 4.78 is 0. The third kappa shape index (κ3) is 2.55. The van der Waals surface area contributed by atoms with Crippen molar-refractivity contribution < 1.29 is 4.79 Å². The number of amides is 1. The Morgan fingerprint density at radius 1 is 0.923 bits per heavy atom. The summed E-state index contributed by atoms with van der Waals surface area (Å²) in [5, 5.41) is 6.09. The number of nitrogens with one attached hydrogen (secondary N) is 1. The summed E-state index contributed by atoms with van der Waals surface area (Å²) >= 11 is 0. The molecular formula is C23H22N2O. The first-order valence-corrected chi connectivity index (χ1v) is 9.44. The molecule has 1 fully saturated rings. The molecule has 2 unspecified atom stereocenters. The predicted molar refractivity (Wildman–Crippen MR) is 106 cm³/mol. The highest BCUT2D eigenvalue weighted by Crippen LogP contribution is 2.39. The predicted octanol–water partition coefficient (Wildman–Crippen LogP) is 4.97. The topological polar surface area (TPSA) is 32.3 Å². The van der Waals surface area contributed by atoms with Crippen LogP contribution in [0.25, 0.3) is 10.8 Å². The smallest absolute Gasteiger partial charge is 0.232 e. The van der Waals surface area contributed by atoms with Crippen LogP contribution in [0.15, 0.2) is 66.7 Å². The highest BCUT2D eigenvalue weighted by Gasteiger charge is 2.39. The van der Waals surface area contributed by atoms with E-state index in [1.54, 1.807) is 0 Å². The van der Waals surface area contributed by atoms with Crippen LogP contribution in [-0.4, -0.2) is 11.9 Å². The Morgan fingerprint density at radius 3 is 2.65 bits per heavy atom. The first-order valence-electron chi connectivity index (χ1n) is 9.44. The molecule has 130 valence electrons. The number of anilines is 2. The van der Waals surface area contributed by atoms with Crippen LogP contribution in [0, 0.1) is 5.92 Å². The Morgan fingerprint density at radius 2 is 1.73 bits per heavy atom. The maximum Gasteiger partial charge on any atom is 0.232 e. The monoisotopic (exact) mass is 342 g/mol. The number of hydrogen-bond acceptors (Lipinski definition) is 2. The van der Waals surface area contributed by atoms with E-state index in [0.717, 1.165) is 30.6 Å². The van der Waals surface area contributed by atoms with Crippen molar-refractivity contribution in [2.24, 2.45) is 5.92 Å². The van der Waals surface area contributed by atoms with E-state index in [0.29, 0.717) is 6.54 Å². The van der Waals surface area contributed by atoms with Crippen molar-refractivity contribution in [1.82, 2.24) is 0 Å². The van der Waals surface area contributed by atoms with Crippen molar-refractivity contribution in [3.63, 3.8) is 0 Å². The van der Waals surface area contributed by atoms with Gasteiger partial charge in [0.1, 0.15) is 0 Å². The van der Waals surface area contributed by atoms with Gasteiger partial charge >= 0.3 is 0 Å². The van der Waals surface area contributed by atoms with E-state index < -0.39 is 0 Å². The van der Waals surface area contributed by atoms with E-state index in [9.17, 15) is 4.79 Å². The molecule has 3 heteroatoms. The second-order valence-corrected chi connectivity index (χ2v) is 7.41. The van der Waals surface area contributed by atoms with Gasteiger partial charge in [-0.15, -0.1) is 0 Å². The third-order valence-electron chi connectivity index (χ3n) is 5.79. The average Bonchev–Trinajstić information content (AvgIpc) is 3.10. The summed E-state index contributed by atoms with van der Waals surface area (Å²) in [5.41, 5.74) is 3.25. The van der Waals surface area contributed by atoms with Crippen molar-refractivity contribution >= 4 is 28.1 Å². The SMILES string of the molecule is O=C1C2CCCC2Nc2ccccc2N1Cc1ccc2ccccc2c1. The van der Waals surface area contributed by atoms with Crippen molar-refractivity contribution in [3.8, 4) is 0 Å². The first kappa shape index (κ1) is 15.4.